The summed E-state index contributed by atoms with van der Waals surface area (Å²) in [4.78, 5) is 23.1. The number of carbonyl (C=O) groups excluding carboxylic acids is 2. The predicted molar refractivity (Wildman–Crippen MR) is 81.8 cm³/mol. The van der Waals surface area contributed by atoms with Crippen LogP contribution in [0.4, 0.5) is 0 Å². The van der Waals surface area contributed by atoms with Gasteiger partial charge in [0.25, 0.3) is 0 Å². The minimum atomic E-state index is -0.138. The Bertz CT molecular complexity index is 420. The highest BCUT2D eigenvalue weighted by Gasteiger charge is 2.25. The lowest BCUT2D eigenvalue weighted by Gasteiger charge is -2.03. The molecule has 0 aromatic rings. The van der Waals surface area contributed by atoms with E-state index in [0.29, 0.717) is 31.1 Å². The minimum absolute atomic E-state index is 0.138. The van der Waals surface area contributed by atoms with Gasteiger partial charge in [-0.2, -0.15) is 10.2 Å². The maximum atomic E-state index is 11.6. The molecule has 2 aliphatic rings. The second-order valence-corrected chi connectivity index (χ2v) is 5.98. The van der Waals surface area contributed by atoms with Crippen LogP contribution in [0.15, 0.2) is 10.2 Å². The molecular weight excluding hydrogens is 268 g/mol. The second kappa shape index (κ2) is 7.33. The number of hydrogen-bond acceptors (Lipinski definition) is 4. The van der Waals surface area contributed by atoms with E-state index in [1.165, 1.54) is 25.7 Å². The number of hydrogen-bond donors (Lipinski definition) is 2. The Morgan fingerprint density at radius 1 is 0.857 bits per heavy atom. The molecule has 0 radical (unpaired) electrons. The highest BCUT2D eigenvalue weighted by atomic mass is 16.2. The lowest BCUT2D eigenvalue weighted by molar-refractivity contribution is -0.122. The highest BCUT2D eigenvalue weighted by molar-refractivity contribution is 5.88. The number of amides is 2. The lowest BCUT2D eigenvalue weighted by Crippen LogP contribution is -2.22. The van der Waals surface area contributed by atoms with Crippen LogP contribution in [0.1, 0.15) is 58.8 Å². The molecular formula is C15H24N4O2. The average Bonchev–Trinajstić information content (AvgIpc) is 3.30. The van der Waals surface area contributed by atoms with Crippen molar-refractivity contribution >= 4 is 23.2 Å². The van der Waals surface area contributed by atoms with Crippen molar-refractivity contribution in [2.24, 2.45) is 22.0 Å². The fraction of sp³-hybridized carbons (Fsp3) is 0.733. The first-order valence-corrected chi connectivity index (χ1v) is 7.72. The Morgan fingerprint density at radius 3 is 1.57 bits per heavy atom. The van der Waals surface area contributed by atoms with E-state index in [1.54, 1.807) is 0 Å². The summed E-state index contributed by atoms with van der Waals surface area (Å²) >= 11 is 0. The Morgan fingerprint density at radius 2 is 1.24 bits per heavy atom. The smallest absolute Gasteiger partial charge is 0.240 e. The SMILES string of the molecule is CC(=NNC(=O)CCCC(=O)NN=C(C)C1CC1)C1CC1. The highest BCUT2D eigenvalue weighted by Crippen LogP contribution is 2.30. The third-order valence-corrected chi connectivity index (χ3v) is 3.86. The average molecular weight is 292 g/mol. The van der Waals surface area contributed by atoms with Gasteiger partial charge < -0.3 is 0 Å². The third-order valence-electron chi connectivity index (χ3n) is 3.86. The van der Waals surface area contributed by atoms with E-state index in [9.17, 15) is 9.59 Å². The van der Waals surface area contributed by atoms with Gasteiger partial charge in [0.2, 0.25) is 11.8 Å². The van der Waals surface area contributed by atoms with E-state index in [4.69, 9.17) is 0 Å². The van der Waals surface area contributed by atoms with E-state index in [-0.39, 0.29) is 11.8 Å². The van der Waals surface area contributed by atoms with E-state index in [0.717, 1.165) is 11.4 Å². The third kappa shape index (κ3) is 6.06. The molecule has 2 saturated carbocycles. The van der Waals surface area contributed by atoms with Crippen LogP contribution < -0.4 is 10.9 Å². The van der Waals surface area contributed by atoms with E-state index < -0.39 is 0 Å². The van der Waals surface area contributed by atoms with Gasteiger partial charge in [0, 0.05) is 24.3 Å². The molecule has 6 nitrogen and oxygen atoms in total. The first-order valence-electron chi connectivity index (χ1n) is 7.72. The van der Waals surface area contributed by atoms with Crippen LogP contribution >= 0.6 is 0 Å². The molecule has 21 heavy (non-hydrogen) atoms. The lowest BCUT2D eigenvalue weighted by atomic mass is 10.2. The fourth-order valence-corrected chi connectivity index (χ4v) is 2.01. The Labute approximate surface area is 125 Å². The number of rotatable bonds is 8. The fourth-order valence-electron chi connectivity index (χ4n) is 2.01. The summed E-state index contributed by atoms with van der Waals surface area (Å²) < 4.78 is 0. The molecule has 2 amide bonds. The van der Waals surface area contributed by atoms with Gasteiger partial charge in [-0.25, -0.2) is 10.9 Å². The maximum Gasteiger partial charge on any atom is 0.240 e. The van der Waals surface area contributed by atoms with Crippen molar-refractivity contribution in [2.75, 3.05) is 0 Å². The van der Waals surface area contributed by atoms with Gasteiger partial charge in [0.05, 0.1) is 0 Å². The first-order chi connectivity index (χ1) is 10.1. The standard InChI is InChI=1S/C15H24N4O2/c1-10(12-6-7-12)16-18-14(20)4-3-5-15(21)19-17-11(2)13-8-9-13/h12-13H,3-9H2,1-2H3,(H,18,20)(H,19,21). The Kier molecular flexibility index (Phi) is 5.47. The van der Waals surface area contributed by atoms with Gasteiger partial charge in [0.1, 0.15) is 0 Å². The molecule has 2 aliphatic carbocycles. The van der Waals surface area contributed by atoms with Gasteiger partial charge in [-0.15, -0.1) is 0 Å². The normalized spacial score (nSPS) is 19.3. The Balaban J connectivity index is 1.55. The summed E-state index contributed by atoms with van der Waals surface area (Å²) in [6.07, 6.45) is 5.81. The van der Waals surface area contributed by atoms with Gasteiger partial charge in [0.15, 0.2) is 0 Å². The zero-order chi connectivity index (χ0) is 15.2. The molecule has 6 heteroatoms. The van der Waals surface area contributed by atoms with Crippen LogP contribution in [-0.4, -0.2) is 23.2 Å². The van der Waals surface area contributed by atoms with Crippen LogP contribution in [0.25, 0.3) is 0 Å². The summed E-state index contributed by atoms with van der Waals surface area (Å²) in [5, 5.41) is 8.13. The summed E-state index contributed by atoms with van der Waals surface area (Å²) in [5.74, 6) is 0.841. The minimum Gasteiger partial charge on any atom is -0.273 e. The molecule has 2 fully saturated rings. The summed E-state index contributed by atoms with van der Waals surface area (Å²) in [7, 11) is 0. The predicted octanol–water partition coefficient (Wildman–Crippen LogP) is 1.96. The van der Waals surface area contributed by atoms with E-state index in [1.807, 2.05) is 13.8 Å². The van der Waals surface area contributed by atoms with Crippen LogP contribution in [0.5, 0.6) is 0 Å². The van der Waals surface area contributed by atoms with Crippen molar-refractivity contribution in [3.8, 4) is 0 Å². The largest absolute Gasteiger partial charge is 0.273 e. The van der Waals surface area contributed by atoms with Crippen LogP contribution in [0, 0.1) is 11.8 Å². The topological polar surface area (TPSA) is 82.9 Å². The summed E-state index contributed by atoms with van der Waals surface area (Å²) in [5.41, 5.74) is 7.06. The maximum absolute atomic E-state index is 11.6. The van der Waals surface area contributed by atoms with E-state index >= 15 is 0 Å². The molecule has 0 spiro atoms. The molecule has 0 aromatic heterocycles. The van der Waals surface area contributed by atoms with Gasteiger partial charge in [-0.1, -0.05) is 0 Å². The van der Waals surface area contributed by atoms with E-state index in [2.05, 4.69) is 21.1 Å². The molecule has 0 atom stereocenters. The van der Waals surface area contributed by atoms with Gasteiger partial charge >= 0.3 is 0 Å². The molecule has 0 aliphatic heterocycles. The van der Waals surface area contributed by atoms with Crippen molar-refractivity contribution in [1.82, 2.24) is 10.9 Å². The molecule has 0 saturated heterocycles. The number of carbonyl (C=O) groups is 2. The first kappa shape index (κ1) is 15.7. The van der Waals surface area contributed by atoms with Gasteiger partial charge in [-0.05, 0) is 57.8 Å². The Hall–Kier alpha value is -1.72. The van der Waals surface area contributed by atoms with Crippen molar-refractivity contribution in [3.05, 3.63) is 0 Å². The molecule has 2 N–H and O–H groups in total. The van der Waals surface area contributed by atoms with Crippen LogP contribution in [-0.2, 0) is 9.59 Å². The second-order valence-electron chi connectivity index (χ2n) is 5.98. The monoisotopic (exact) mass is 292 g/mol. The molecule has 0 unspecified atom stereocenters. The number of nitrogens with one attached hydrogen (secondary N) is 2. The zero-order valence-electron chi connectivity index (χ0n) is 12.8. The van der Waals surface area contributed by atoms with Crippen LogP contribution in [0.2, 0.25) is 0 Å². The molecule has 116 valence electrons. The quantitative estimate of drug-likeness (QED) is 0.529. The van der Waals surface area contributed by atoms with Crippen molar-refractivity contribution in [2.45, 2.75) is 58.8 Å². The van der Waals surface area contributed by atoms with Crippen LogP contribution in [0.3, 0.4) is 0 Å². The molecule has 0 heterocycles. The summed E-state index contributed by atoms with van der Waals surface area (Å²) in [6.45, 7) is 3.87. The van der Waals surface area contributed by atoms with Gasteiger partial charge in [-0.3, -0.25) is 9.59 Å². The summed E-state index contributed by atoms with van der Waals surface area (Å²) in [6, 6.07) is 0. The van der Waals surface area contributed by atoms with Crippen molar-refractivity contribution in [3.63, 3.8) is 0 Å². The molecule has 0 bridgehead atoms. The zero-order valence-corrected chi connectivity index (χ0v) is 12.8. The molecule has 0 aromatic carbocycles. The van der Waals surface area contributed by atoms with Crippen molar-refractivity contribution < 1.29 is 9.59 Å². The number of hydrazone groups is 2. The number of nitrogens with zero attached hydrogens (tertiary/aromatic N) is 2. The van der Waals surface area contributed by atoms with Crippen molar-refractivity contribution in [1.29, 1.82) is 0 Å². The molecule has 2 rings (SSSR count).